The average Bonchev–Trinajstić information content (AvgIpc) is 3.28. The van der Waals surface area contributed by atoms with Crippen LogP contribution >= 0.6 is 0 Å². The second-order valence-electron chi connectivity index (χ2n) is 6.26. The third-order valence-electron chi connectivity index (χ3n) is 4.32. The first-order valence-electron chi connectivity index (χ1n) is 8.33. The number of rotatable bonds is 10. The molecule has 0 bridgehead atoms. The topological polar surface area (TPSA) is 78.9 Å². The Hall–Kier alpha value is -1.26. The maximum absolute atomic E-state index is 13.2. The van der Waals surface area contributed by atoms with Crippen molar-refractivity contribution in [2.45, 2.75) is 65.7 Å². The second kappa shape index (κ2) is 8.25. The van der Waals surface area contributed by atoms with Gasteiger partial charge >= 0.3 is 0 Å². The minimum Gasteiger partial charge on any atom is -0.409 e. The molecular weight excluding hydrogens is 266 g/mol. The highest BCUT2D eigenvalue weighted by Crippen LogP contribution is 2.36. The van der Waals surface area contributed by atoms with E-state index in [2.05, 4.69) is 12.1 Å². The number of oxime groups is 1. The smallest absolute Gasteiger partial charge is 0.236 e. The Labute approximate surface area is 128 Å². The van der Waals surface area contributed by atoms with E-state index < -0.39 is 5.41 Å². The van der Waals surface area contributed by atoms with Crippen LogP contribution in [-0.4, -0.2) is 34.9 Å². The molecular formula is C16H31N3O2. The fraction of sp³-hybridized carbons (Fsp3) is 0.875. The zero-order valence-corrected chi connectivity index (χ0v) is 13.8. The molecule has 0 aromatic carbocycles. The summed E-state index contributed by atoms with van der Waals surface area (Å²) in [5.74, 6) is 0.775. The highest BCUT2D eigenvalue weighted by atomic mass is 16.4. The summed E-state index contributed by atoms with van der Waals surface area (Å²) in [6, 6.07) is 0. The third kappa shape index (κ3) is 4.35. The molecule has 5 nitrogen and oxygen atoms in total. The lowest BCUT2D eigenvalue weighted by Crippen LogP contribution is -2.52. The standard InChI is InChI=1S/C16H31N3O2/c1-4-9-16(10-5-2,14(17)18-21)15(20)19(11-6-3)12-13-7-8-13/h13,21H,4-12H2,1-3H3,(H2,17,18). The fourth-order valence-corrected chi connectivity index (χ4v) is 3.11. The number of amidine groups is 1. The Balaban J connectivity index is 3.03. The zero-order chi connectivity index (χ0) is 15.9. The van der Waals surface area contributed by atoms with Gasteiger partial charge in [0.2, 0.25) is 5.91 Å². The summed E-state index contributed by atoms with van der Waals surface area (Å²) in [7, 11) is 0. The highest BCUT2D eigenvalue weighted by molar-refractivity contribution is 6.06. The van der Waals surface area contributed by atoms with Crippen molar-refractivity contribution < 1.29 is 10.0 Å². The first-order valence-corrected chi connectivity index (χ1v) is 8.33. The lowest BCUT2D eigenvalue weighted by molar-refractivity contribution is -0.139. The summed E-state index contributed by atoms with van der Waals surface area (Å²) in [4.78, 5) is 15.1. The van der Waals surface area contributed by atoms with Crippen molar-refractivity contribution in [3.05, 3.63) is 0 Å². The van der Waals surface area contributed by atoms with Gasteiger partial charge in [-0.3, -0.25) is 4.79 Å². The molecule has 0 saturated heterocycles. The van der Waals surface area contributed by atoms with Crippen LogP contribution in [0.5, 0.6) is 0 Å². The number of nitrogens with two attached hydrogens (primary N) is 1. The molecule has 1 aliphatic carbocycles. The Kier molecular flexibility index (Phi) is 6.99. The van der Waals surface area contributed by atoms with Crippen molar-refractivity contribution in [3.8, 4) is 0 Å². The van der Waals surface area contributed by atoms with Crippen molar-refractivity contribution >= 4 is 11.7 Å². The minimum absolute atomic E-state index is 0.0512. The van der Waals surface area contributed by atoms with Gasteiger partial charge in [-0.15, -0.1) is 0 Å². The van der Waals surface area contributed by atoms with E-state index in [0.29, 0.717) is 18.8 Å². The van der Waals surface area contributed by atoms with E-state index in [4.69, 9.17) is 5.73 Å². The summed E-state index contributed by atoms with van der Waals surface area (Å²) in [6.07, 6.45) is 6.32. The number of carbonyl (C=O) groups excluding carboxylic acids is 1. The quantitative estimate of drug-likeness (QED) is 0.281. The number of hydrogen-bond donors (Lipinski definition) is 2. The Morgan fingerprint density at radius 1 is 1.24 bits per heavy atom. The Bertz CT molecular complexity index is 359. The van der Waals surface area contributed by atoms with Gasteiger partial charge in [0.15, 0.2) is 5.84 Å². The Morgan fingerprint density at radius 3 is 2.19 bits per heavy atom. The number of carbonyl (C=O) groups is 1. The van der Waals surface area contributed by atoms with E-state index in [9.17, 15) is 10.0 Å². The number of hydrogen-bond acceptors (Lipinski definition) is 3. The molecule has 0 aliphatic heterocycles. The van der Waals surface area contributed by atoms with Gasteiger partial charge in [-0.1, -0.05) is 38.8 Å². The predicted octanol–water partition coefficient (Wildman–Crippen LogP) is 2.97. The van der Waals surface area contributed by atoms with Gasteiger partial charge in [0.05, 0.1) is 0 Å². The van der Waals surface area contributed by atoms with Crippen LogP contribution in [0, 0.1) is 11.3 Å². The molecule has 1 aliphatic rings. The van der Waals surface area contributed by atoms with E-state index in [1.807, 2.05) is 18.7 Å². The average molecular weight is 297 g/mol. The van der Waals surface area contributed by atoms with Gasteiger partial charge in [-0.05, 0) is 38.0 Å². The molecule has 0 heterocycles. The van der Waals surface area contributed by atoms with Crippen LogP contribution in [0.1, 0.15) is 65.7 Å². The Morgan fingerprint density at radius 2 is 1.81 bits per heavy atom. The van der Waals surface area contributed by atoms with Crippen molar-refractivity contribution in [2.24, 2.45) is 22.2 Å². The first-order chi connectivity index (χ1) is 10.1. The molecule has 122 valence electrons. The monoisotopic (exact) mass is 297 g/mol. The SMILES string of the molecule is CCCN(CC1CC1)C(=O)C(CCC)(CCC)C(N)=NO. The second-order valence-corrected chi connectivity index (χ2v) is 6.26. The molecule has 0 aromatic heterocycles. The van der Waals surface area contributed by atoms with Gasteiger partial charge in [-0.25, -0.2) is 0 Å². The summed E-state index contributed by atoms with van der Waals surface area (Å²) in [6.45, 7) is 7.72. The van der Waals surface area contributed by atoms with Crippen LogP contribution in [0.3, 0.4) is 0 Å². The third-order valence-corrected chi connectivity index (χ3v) is 4.32. The largest absolute Gasteiger partial charge is 0.409 e. The van der Waals surface area contributed by atoms with Crippen LogP contribution in [0.2, 0.25) is 0 Å². The first kappa shape index (κ1) is 17.8. The minimum atomic E-state index is -0.831. The van der Waals surface area contributed by atoms with E-state index >= 15 is 0 Å². The van der Waals surface area contributed by atoms with Gasteiger partial charge < -0.3 is 15.8 Å². The molecule has 0 aromatic rings. The van der Waals surface area contributed by atoms with E-state index in [0.717, 1.165) is 32.4 Å². The summed E-state index contributed by atoms with van der Waals surface area (Å²) in [5, 5.41) is 12.4. The highest BCUT2D eigenvalue weighted by Gasteiger charge is 2.44. The number of amides is 1. The van der Waals surface area contributed by atoms with Crippen molar-refractivity contribution in [1.29, 1.82) is 0 Å². The molecule has 1 saturated carbocycles. The molecule has 3 N–H and O–H groups in total. The van der Waals surface area contributed by atoms with Gasteiger partial charge in [-0.2, -0.15) is 0 Å². The maximum atomic E-state index is 13.2. The maximum Gasteiger partial charge on any atom is 0.236 e. The fourth-order valence-electron chi connectivity index (χ4n) is 3.11. The molecule has 5 heteroatoms. The van der Waals surface area contributed by atoms with Crippen LogP contribution in [0.4, 0.5) is 0 Å². The molecule has 21 heavy (non-hydrogen) atoms. The van der Waals surface area contributed by atoms with Crippen LogP contribution < -0.4 is 5.73 Å². The summed E-state index contributed by atoms with van der Waals surface area (Å²) in [5.41, 5.74) is 5.13. The van der Waals surface area contributed by atoms with Gasteiger partial charge in [0, 0.05) is 13.1 Å². The van der Waals surface area contributed by atoms with Crippen molar-refractivity contribution in [2.75, 3.05) is 13.1 Å². The van der Waals surface area contributed by atoms with Crippen LogP contribution in [-0.2, 0) is 4.79 Å². The molecule has 1 amide bonds. The van der Waals surface area contributed by atoms with E-state index in [1.54, 1.807) is 0 Å². The van der Waals surface area contributed by atoms with Gasteiger partial charge in [0.1, 0.15) is 5.41 Å². The molecule has 1 fully saturated rings. The molecule has 0 atom stereocenters. The number of nitrogens with zero attached hydrogens (tertiary/aromatic N) is 2. The predicted molar refractivity (Wildman–Crippen MR) is 85.3 cm³/mol. The normalized spacial score (nSPS) is 16.0. The summed E-state index contributed by atoms with van der Waals surface area (Å²) < 4.78 is 0. The zero-order valence-electron chi connectivity index (χ0n) is 13.8. The van der Waals surface area contributed by atoms with Crippen LogP contribution in [0.15, 0.2) is 5.16 Å². The van der Waals surface area contributed by atoms with E-state index in [1.165, 1.54) is 12.8 Å². The lowest BCUT2D eigenvalue weighted by Gasteiger charge is -2.36. The molecule has 0 unspecified atom stereocenters. The molecule has 1 rings (SSSR count). The van der Waals surface area contributed by atoms with Crippen molar-refractivity contribution in [1.82, 2.24) is 4.90 Å². The van der Waals surface area contributed by atoms with Gasteiger partial charge in [0.25, 0.3) is 0 Å². The molecule has 0 spiro atoms. The van der Waals surface area contributed by atoms with Crippen molar-refractivity contribution in [3.63, 3.8) is 0 Å². The van der Waals surface area contributed by atoms with Crippen LogP contribution in [0.25, 0.3) is 0 Å². The van der Waals surface area contributed by atoms with E-state index in [-0.39, 0.29) is 11.7 Å². The summed E-state index contributed by atoms with van der Waals surface area (Å²) >= 11 is 0. The molecule has 0 radical (unpaired) electrons. The lowest BCUT2D eigenvalue weighted by atomic mass is 9.76.